The van der Waals surface area contributed by atoms with Crippen molar-refractivity contribution in [2.45, 2.75) is 0 Å². The second-order valence-electron chi connectivity index (χ2n) is 6.31. The average molecular weight is 383 g/mol. The first-order valence-corrected chi connectivity index (χ1v) is 9.21. The zero-order valence-corrected chi connectivity index (χ0v) is 15.1. The van der Waals surface area contributed by atoms with E-state index < -0.39 is 0 Å². The SMILES string of the molecule is Brc1c2ccccc2c(-c2cccc3ccccc23)c2ccccc12. The highest BCUT2D eigenvalue weighted by molar-refractivity contribution is 9.10. The largest absolute Gasteiger partial charge is 0.0616 e. The average Bonchev–Trinajstić information content (AvgIpc) is 2.68. The summed E-state index contributed by atoms with van der Waals surface area (Å²) in [6.45, 7) is 0. The second-order valence-corrected chi connectivity index (χ2v) is 7.10. The van der Waals surface area contributed by atoms with Gasteiger partial charge in [0.2, 0.25) is 0 Å². The Hall–Kier alpha value is -2.64. The lowest BCUT2D eigenvalue weighted by molar-refractivity contribution is 1.69. The topological polar surface area (TPSA) is 0 Å². The number of hydrogen-bond donors (Lipinski definition) is 0. The molecule has 0 aliphatic carbocycles. The van der Waals surface area contributed by atoms with E-state index in [1.165, 1.54) is 47.9 Å². The summed E-state index contributed by atoms with van der Waals surface area (Å²) < 4.78 is 1.17. The van der Waals surface area contributed by atoms with Crippen LogP contribution in [0.2, 0.25) is 0 Å². The minimum atomic E-state index is 1.17. The molecule has 0 aromatic heterocycles. The van der Waals surface area contributed by atoms with Crippen molar-refractivity contribution in [3.8, 4) is 11.1 Å². The lowest BCUT2D eigenvalue weighted by atomic mass is 9.89. The van der Waals surface area contributed by atoms with E-state index in [-0.39, 0.29) is 0 Å². The minimum absolute atomic E-state index is 1.17. The molecule has 25 heavy (non-hydrogen) atoms. The van der Waals surface area contributed by atoms with Crippen molar-refractivity contribution in [3.63, 3.8) is 0 Å². The fourth-order valence-electron chi connectivity index (χ4n) is 3.81. The molecule has 0 saturated carbocycles. The van der Waals surface area contributed by atoms with Gasteiger partial charge in [-0.3, -0.25) is 0 Å². The van der Waals surface area contributed by atoms with E-state index in [9.17, 15) is 0 Å². The maximum atomic E-state index is 3.84. The van der Waals surface area contributed by atoms with E-state index in [2.05, 4.69) is 107 Å². The molecule has 5 aromatic carbocycles. The fraction of sp³-hybridized carbons (Fsp3) is 0. The molecule has 0 aliphatic heterocycles. The van der Waals surface area contributed by atoms with Crippen LogP contribution < -0.4 is 0 Å². The smallest absolute Gasteiger partial charge is 0.0332 e. The van der Waals surface area contributed by atoms with Gasteiger partial charge in [0, 0.05) is 4.47 Å². The van der Waals surface area contributed by atoms with E-state index >= 15 is 0 Å². The van der Waals surface area contributed by atoms with Gasteiger partial charge in [-0.1, -0.05) is 91.0 Å². The molecule has 0 heterocycles. The highest BCUT2D eigenvalue weighted by Gasteiger charge is 2.14. The molecule has 1 heteroatoms. The Kier molecular flexibility index (Phi) is 3.36. The molecule has 0 amide bonds. The molecule has 0 radical (unpaired) electrons. The van der Waals surface area contributed by atoms with Gasteiger partial charge in [-0.25, -0.2) is 0 Å². The molecule has 5 aromatic rings. The van der Waals surface area contributed by atoms with Crippen LogP contribution in [0.5, 0.6) is 0 Å². The highest BCUT2D eigenvalue weighted by atomic mass is 79.9. The zero-order valence-electron chi connectivity index (χ0n) is 13.5. The van der Waals surface area contributed by atoms with E-state index in [4.69, 9.17) is 0 Å². The Morgan fingerprint density at radius 1 is 0.440 bits per heavy atom. The Morgan fingerprint density at radius 2 is 0.920 bits per heavy atom. The van der Waals surface area contributed by atoms with Crippen molar-refractivity contribution in [3.05, 3.63) is 95.5 Å². The number of fused-ring (bicyclic) bond motifs is 3. The van der Waals surface area contributed by atoms with Gasteiger partial charge in [0.1, 0.15) is 0 Å². The quantitative estimate of drug-likeness (QED) is 0.262. The predicted octanol–water partition coefficient (Wildman–Crippen LogP) is 7.58. The van der Waals surface area contributed by atoms with Crippen molar-refractivity contribution in [2.75, 3.05) is 0 Å². The van der Waals surface area contributed by atoms with Crippen molar-refractivity contribution < 1.29 is 0 Å². The van der Waals surface area contributed by atoms with Crippen LogP contribution in [0, 0.1) is 0 Å². The maximum Gasteiger partial charge on any atom is 0.0332 e. The maximum absolute atomic E-state index is 3.84. The summed E-state index contributed by atoms with van der Waals surface area (Å²) in [7, 11) is 0. The molecule has 0 spiro atoms. The van der Waals surface area contributed by atoms with Crippen LogP contribution in [0.1, 0.15) is 0 Å². The monoisotopic (exact) mass is 382 g/mol. The summed E-state index contributed by atoms with van der Waals surface area (Å²) in [5, 5.41) is 7.64. The van der Waals surface area contributed by atoms with E-state index in [0.29, 0.717) is 0 Å². The Bertz CT molecular complexity index is 1190. The molecule has 5 rings (SSSR count). The van der Waals surface area contributed by atoms with Crippen LogP contribution in [0.25, 0.3) is 43.4 Å². The first kappa shape index (κ1) is 14.7. The normalized spacial score (nSPS) is 11.4. The van der Waals surface area contributed by atoms with Gasteiger partial charge in [0.15, 0.2) is 0 Å². The Morgan fingerprint density at radius 3 is 1.56 bits per heavy atom. The molecular formula is C24H15Br. The third-order valence-electron chi connectivity index (χ3n) is 4.92. The zero-order chi connectivity index (χ0) is 16.8. The van der Waals surface area contributed by atoms with Crippen LogP contribution in [0.3, 0.4) is 0 Å². The predicted molar refractivity (Wildman–Crippen MR) is 112 cm³/mol. The summed E-state index contributed by atoms with van der Waals surface area (Å²) in [4.78, 5) is 0. The fourth-order valence-corrected chi connectivity index (χ4v) is 4.50. The van der Waals surface area contributed by atoms with Crippen LogP contribution in [0.15, 0.2) is 95.5 Å². The number of hydrogen-bond acceptors (Lipinski definition) is 0. The first-order chi connectivity index (χ1) is 12.3. The number of halogens is 1. The summed E-state index contributed by atoms with van der Waals surface area (Å²) in [6, 6.07) is 32.5. The standard InChI is InChI=1S/C24H15Br/c25-24-21-13-5-3-11-19(21)23(20-12-4-6-14-22(20)24)18-15-7-9-16-8-1-2-10-17(16)18/h1-15H. The molecule has 0 unspecified atom stereocenters. The Balaban J connectivity index is 2.06. The molecule has 118 valence electrons. The molecule has 0 fully saturated rings. The summed E-state index contributed by atoms with van der Waals surface area (Å²) in [5.74, 6) is 0. The third-order valence-corrected chi connectivity index (χ3v) is 5.78. The third kappa shape index (κ3) is 2.20. The van der Waals surface area contributed by atoms with Crippen molar-refractivity contribution in [1.82, 2.24) is 0 Å². The molecule has 0 N–H and O–H groups in total. The molecule has 0 saturated heterocycles. The van der Waals surface area contributed by atoms with E-state index in [1.54, 1.807) is 0 Å². The van der Waals surface area contributed by atoms with Crippen molar-refractivity contribution in [2.24, 2.45) is 0 Å². The van der Waals surface area contributed by atoms with Gasteiger partial charge in [-0.2, -0.15) is 0 Å². The molecular weight excluding hydrogens is 368 g/mol. The summed E-state index contributed by atoms with van der Waals surface area (Å²) in [6.07, 6.45) is 0. The van der Waals surface area contributed by atoms with Gasteiger partial charge >= 0.3 is 0 Å². The van der Waals surface area contributed by atoms with E-state index in [0.717, 1.165) is 0 Å². The second kappa shape index (κ2) is 5.72. The lowest BCUT2D eigenvalue weighted by Crippen LogP contribution is -1.88. The molecule has 0 atom stereocenters. The molecule has 0 bridgehead atoms. The first-order valence-electron chi connectivity index (χ1n) is 8.42. The minimum Gasteiger partial charge on any atom is -0.0616 e. The lowest BCUT2D eigenvalue weighted by Gasteiger charge is -2.16. The van der Waals surface area contributed by atoms with Crippen molar-refractivity contribution in [1.29, 1.82) is 0 Å². The summed E-state index contributed by atoms with van der Waals surface area (Å²) in [5.41, 5.74) is 2.60. The summed E-state index contributed by atoms with van der Waals surface area (Å²) >= 11 is 3.84. The van der Waals surface area contributed by atoms with Gasteiger partial charge in [0.05, 0.1) is 0 Å². The van der Waals surface area contributed by atoms with Gasteiger partial charge < -0.3 is 0 Å². The van der Waals surface area contributed by atoms with Crippen LogP contribution in [0.4, 0.5) is 0 Å². The van der Waals surface area contributed by atoms with Gasteiger partial charge in [-0.15, -0.1) is 0 Å². The van der Waals surface area contributed by atoms with Gasteiger partial charge in [0.25, 0.3) is 0 Å². The van der Waals surface area contributed by atoms with Gasteiger partial charge in [-0.05, 0) is 59.4 Å². The molecule has 0 aliphatic rings. The highest BCUT2D eigenvalue weighted by Crippen LogP contribution is 2.43. The van der Waals surface area contributed by atoms with Crippen LogP contribution >= 0.6 is 15.9 Å². The number of benzene rings is 5. The van der Waals surface area contributed by atoms with E-state index in [1.807, 2.05) is 0 Å². The van der Waals surface area contributed by atoms with Crippen molar-refractivity contribution >= 4 is 48.2 Å². The van der Waals surface area contributed by atoms with Crippen LogP contribution in [-0.4, -0.2) is 0 Å². The number of rotatable bonds is 1. The Labute approximate surface area is 154 Å². The molecule has 0 nitrogen and oxygen atoms in total. The van der Waals surface area contributed by atoms with Crippen LogP contribution in [-0.2, 0) is 0 Å².